The first-order valence-corrected chi connectivity index (χ1v) is 13.8. The van der Waals surface area contributed by atoms with Gasteiger partial charge in [0.1, 0.15) is 6.04 Å². The zero-order chi connectivity index (χ0) is 29.7. The number of hydrogen-bond donors (Lipinski definition) is 5. The Balaban J connectivity index is 1.26. The topological polar surface area (TPSA) is 186 Å². The summed E-state index contributed by atoms with van der Waals surface area (Å²) in [6.45, 7) is 0.377. The third-order valence-corrected chi connectivity index (χ3v) is 8.39. The van der Waals surface area contributed by atoms with E-state index < -0.39 is 62.2 Å². The predicted molar refractivity (Wildman–Crippen MR) is 147 cm³/mol. The molecule has 1 unspecified atom stereocenters. The summed E-state index contributed by atoms with van der Waals surface area (Å²) in [7, 11) is -2.30. The first-order valence-electron chi connectivity index (χ1n) is 13.8. The number of nitrogens with one attached hydrogen (secondary N) is 1. The van der Waals surface area contributed by atoms with Gasteiger partial charge in [0.25, 0.3) is 11.8 Å². The molecule has 0 radical (unpaired) electrons. The van der Waals surface area contributed by atoms with Crippen molar-refractivity contribution in [2.75, 3.05) is 13.1 Å². The molecule has 13 nitrogen and oxygen atoms in total. The fourth-order valence-corrected chi connectivity index (χ4v) is 6.29. The molecule has 2 aromatic carbocycles. The number of nitrogens with zero attached hydrogens (tertiary/aromatic N) is 2. The minimum atomic E-state index is -1.17. The van der Waals surface area contributed by atoms with E-state index in [2.05, 4.69) is 5.32 Å². The monoisotopic (exact) mass is 577 g/mol. The lowest BCUT2D eigenvalue weighted by Gasteiger charge is -2.30. The van der Waals surface area contributed by atoms with Gasteiger partial charge in [0, 0.05) is 36.3 Å². The molecule has 4 heterocycles. The van der Waals surface area contributed by atoms with Crippen LogP contribution >= 0.6 is 0 Å². The number of β-amino-alcohol motifs (C(OH)–C–C–N with tert-alkyl or cyclic N) is 1. The first kappa shape index (κ1) is 28.4. The molecule has 0 spiro atoms. The standard InChI is InChI=1S/C27H29B2N3O10/c33-20-8-19(9-24(34)35)31(11-20)27(38)23-7-18(30-25(36)14-1-3-16-12-41-28(39)21(16)5-14)10-32(23)26(37)15-2-4-17-13-42-29(40)22(17)6-15/h1-6,18-20,23,33,39-40H,7-13H2,(H,30,36)(H,34,35)/t18-,19+,20?,23+/m1/s1. The molecule has 3 amide bonds. The highest BCUT2D eigenvalue weighted by molar-refractivity contribution is 6.62. The highest BCUT2D eigenvalue weighted by Gasteiger charge is 2.46. The van der Waals surface area contributed by atoms with Gasteiger partial charge in [0.2, 0.25) is 5.91 Å². The van der Waals surface area contributed by atoms with Crippen molar-refractivity contribution in [1.29, 1.82) is 0 Å². The average Bonchev–Trinajstić information content (AvgIpc) is 3.74. The molecular weight excluding hydrogens is 548 g/mol. The van der Waals surface area contributed by atoms with Gasteiger partial charge in [-0.25, -0.2) is 0 Å². The molecule has 42 heavy (non-hydrogen) atoms. The summed E-state index contributed by atoms with van der Waals surface area (Å²) < 4.78 is 10.4. The van der Waals surface area contributed by atoms with Crippen LogP contribution in [-0.4, -0.2) is 105 Å². The number of aliphatic hydroxyl groups excluding tert-OH is 1. The molecule has 15 heteroatoms. The molecular formula is C27H29B2N3O10. The van der Waals surface area contributed by atoms with E-state index >= 15 is 0 Å². The fourth-order valence-electron chi connectivity index (χ4n) is 6.29. The molecule has 5 N–H and O–H groups in total. The molecule has 0 saturated carbocycles. The van der Waals surface area contributed by atoms with Crippen LogP contribution in [0, 0.1) is 0 Å². The van der Waals surface area contributed by atoms with Gasteiger partial charge in [-0.3, -0.25) is 19.2 Å². The Morgan fingerprint density at radius 2 is 1.50 bits per heavy atom. The maximum Gasteiger partial charge on any atom is 0.491 e. The van der Waals surface area contributed by atoms with Gasteiger partial charge in [-0.2, -0.15) is 0 Å². The Hall–Kier alpha value is -3.75. The maximum atomic E-state index is 13.8. The lowest BCUT2D eigenvalue weighted by molar-refractivity contribution is -0.141. The minimum Gasteiger partial charge on any atom is -0.481 e. The second-order valence-corrected chi connectivity index (χ2v) is 11.2. The predicted octanol–water partition coefficient (Wildman–Crippen LogP) is -2.43. The maximum absolute atomic E-state index is 13.8. The molecule has 2 fully saturated rings. The van der Waals surface area contributed by atoms with Crippen LogP contribution in [0.25, 0.3) is 0 Å². The highest BCUT2D eigenvalue weighted by Crippen LogP contribution is 2.28. The van der Waals surface area contributed by atoms with Crippen LogP contribution in [0.1, 0.15) is 51.1 Å². The SMILES string of the molecule is O=C(O)C[C@@H]1CC(O)CN1C(=O)[C@@H]1C[C@@H](NC(=O)c2ccc3c(c2)B(O)OC3)CN1C(=O)c1ccc2c(c1)B(O)OC2. The van der Waals surface area contributed by atoms with Gasteiger partial charge < -0.3 is 44.7 Å². The van der Waals surface area contributed by atoms with Crippen molar-refractivity contribution in [3.8, 4) is 0 Å². The van der Waals surface area contributed by atoms with E-state index in [0.29, 0.717) is 10.9 Å². The van der Waals surface area contributed by atoms with Gasteiger partial charge in [0.05, 0.1) is 25.7 Å². The molecule has 2 saturated heterocycles. The zero-order valence-electron chi connectivity index (χ0n) is 22.5. The Bertz CT molecular complexity index is 1460. The molecule has 0 aliphatic carbocycles. The number of rotatable bonds is 6. The summed E-state index contributed by atoms with van der Waals surface area (Å²) in [4.78, 5) is 55.0. The van der Waals surface area contributed by atoms with E-state index in [0.717, 1.165) is 11.1 Å². The van der Waals surface area contributed by atoms with Crippen LogP contribution in [0.3, 0.4) is 0 Å². The van der Waals surface area contributed by atoms with E-state index in [1.165, 1.54) is 15.9 Å². The van der Waals surface area contributed by atoms with Crippen LogP contribution in [0.4, 0.5) is 0 Å². The first-order chi connectivity index (χ1) is 20.1. The average molecular weight is 577 g/mol. The Kier molecular flexibility index (Phi) is 7.53. The summed E-state index contributed by atoms with van der Waals surface area (Å²) in [6.07, 6.45) is -1.07. The lowest BCUT2D eigenvalue weighted by atomic mass is 9.78. The van der Waals surface area contributed by atoms with Crippen molar-refractivity contribution in [3.05, 3.63) is 58.7 Å². The van der Waals surface area contributed by atoms with Crippen molar-refractivity contribution >= 4 is 48.9 Å². The number of fused-ring (bicyclic) bond motifs is 2. The Morgan fingerprint density at radius 3 is 2.14 bits per heavy atom. The van der Waals surface area contributed by atoms with E-state index in [9.17, 15) is 39.4 Å². The number of benzene rings is 2. The summed E-state index contributed by atoms with van der Waals surface area (Å²) in [5.41, 5.74) is 2.97. The molecule has 6 rings (SSSR count). The number of aliphatic carboxylic acids is 1. The van der Waals surface area contributed by atoms with E-state index in [1.54, 1.807) is 30.3 Å². The molecule has 4 atom stereocenters. The minimum absolute atomic E-state index is 0.00616. The number of carbonyl (C=O) groups excluding carboxylic acids is 3. The number of carbonyl (C=O) groups is 4. The Morgan fingerprint density at radius 1 is 0.881 bits per heavy atom. The van der Waals surface area contributed by atoms with E-state index in [-0.39, 0.29) is 56.7 Å². The van der Waals surface area contributed by atoms with E-state index in [1.807, 2.05) is 0 Å². The summed E-state index contributed by atoms with van der Waals surface area (Å²) in [6, 6.07) is 7.24. The van der Waals surface area contributed by atoms with Gasteiger partial charge in [0.15, 0.2) is 0 Å². The highest BCUT2D eigenvalue weighted by atomic mass is 16.5. The number of likely N-dealkylation sites (tertiary alicyclic amines) is 2. The molecule has 0 bridgehead atoms. The smallest absolute Gasteiger partial charge is 0.481 e. The number of aliphatic hydroxyl groups is 1. The molecule has 218 valence electrons. The van der Waals surface area contributed by atoms with Crippen molar-refractivity contribution in [2.45, 2.75) is 56.7 Å². The van der Waals surface area contributed by atoms with Crippen LogP contribution in [0.15, 0.2) is 36.4 Å². The lowest BCUT2D eigenvalue weighted by Crippen LogP contribution is -2.50. The largest absolute Gasteiger partial charge is 0.491 e. The van der Waals surface area contributed by atoms with Crippen LogP contribution in [0.5, 0.6) is 0 Å². The normalized spacial score (nSPS) is 24.6. The molecule has 0 aromatic heterocycles. The van der Waals surface area contributed by atoms with Gasteiger partial charge >= 0.3 is 20.2 Å². The van der Waals surface area contributed by atoms with Crippen LogP contribution in [-0.2, 0) is 32.1 Å². The number of hydrogen-bond acceptors (Lipinski definition) is 9. The van der Waals surface area contributed by atoms with Crippen molar-refractivity contribution in [3.63, 3.8) is 0 Å². The quantitative estimate of drug-likeness (QED) is 0.231. The number of carboxylic acids is 1. The summed E-state index contributed by atoms with van der Waals surface area (Å²) >= 11 is 0. The molecule has 4 aliphatic heterocycles. The van der Waals surface area contributed by atoms with Gasteiger partial charge in [-0.1, -0.05) is 12.1 Å². The third kappa shape index (κ3) is 5.29. The molecule has 2 aromatic rings. The summed E-state index contributed by atoms with van der Waals surface area (Å²) in [5, 5.41) is 42.6. The third-order valence-electron chi connectivity index (χ3n) is 8.39. The second kappa shape index (κ2) is 11.2. The van der Waals surface area contributed by atoms with Crippen molar-refractivity contribution in [1.82, 2.24) is 15.1 Å². The van der Waals surface area contributed by atoms with Crippen molar-refractivity contribution in [2.24, 2.45) is 0 Å². The molecule has 4 aliphatic rings. The fraction of sp³-hybridized carbons (Fsp3) is 0.407. The van der Waals surface area contributed by atoms with Crippen LogP contribution < -0.4 is 16.2 Å². The zero-order valence-corrected chi connectivity index (χ0v) is 22.5. The summed E-state index contributed by atoms with van der Waals surface area (Å²) in [5.74, 6) is -2.58. The van der Waals surface area contributed by atoms with E-state index in [4.69, 9.17) is 9.31 Å². The van der Waals surface area contributed by atoms with Crippen LogP contribution in [0.2, 0.25) is 0 Å². The number of amides is 3. The second-order valence-electron chi connectivity index (χ2n) is 11.2. The number of carboxylic acid groups (broad SMARTS) is 1. The Labute approximate surface area is 241 Å². The van der Waals surface area contributed by atoms with Gasteiger partial charge in [-0.05, 0) is 59.2 Å². The van der Waals surface area contributed by atoms with Gasteiger partial charge in [-0.15, -0.1) is 0 Å². The van der Waals surface area contributed by atoms with Crippen molar-refractivity contribution < 1.29 is 48.7 Å².